The second-order valence-corrected chi connectivity index (χ2v) is 6.99. The van der Waals surface area contributed by atoms with E-state index in [1.165, 1.54) is 11.1 Å². The SMILES string of the molecule is c1ccc(-n2cc(CN3CCc4nc(-c5ccncc5)ncc4C3)cn2)cc1. The minimum Gasteiger partial charge on any atom is -0.294 e. The minimum atomic E-state index is 0.777. The van der Waals surface area contributed by atoms with Crippen LogP contribution in [0.4, 0.5) is 0 Å². The molecular weight excluding hydrogens is 348 g/mol. The molecule has 0 atom stereocenters. The van der Waals surface area contributed by atoms with Gasteiger partial charge in [-0.05, 0) is 24.3 Å². The summed E-state index contributed by atoms with van der Waals surface area (Å²) in [4.78, 5) is 15.8. The molecule has 0 saturated carbocycles. The standard InChI is InChI=1S/C22H20N6/c1-2-4-20(5-3-1)28-15-17(12-25-28)14-27-11-8-21-19(16-27)13-24-22(26-21)18-6-9-23-10-7-18/h1-7,9-10,12-13,15H,8,11,14,16H2. The highest BCUT2D eigenvalue weighted by Crippen LogP contribution is 2.22. The molecule has 0 spiro atoms. The lowest BCUT2D eigenvalue weighted by Gasteiger charge is -2.27. The molecule has 1 aromatic carbocycles. The van der Waals surface area contributed by atoms with Crippen LogP contribution < -0.4 is 0 Å². The normalized spacial score (nSPS) is 14.0. The summed E-state index contributed by atoms with van der Waals surface area (Å²) in [5.41, 5.74) is 5.66. The van der Waals surface area contributed by atoms with Crippen LogP contribution in [0.2, 0.25) is 0 Å². The second kappa shape index (κ2) is 7.32. The molecule has 28 heavy (non-hydrogen) atoms. The van der Waals surface area contributed by atoms with E-state index in [0.29, 0.717) is 0 Å². The maximum atomic E-state index is 4.79. The zero-order valence-corrected chi connectivity index (χ0v) is 15.4. The first-order valence-corrected chi connectivity index (χ1v) is 9.42. The summed E-state index contributed by atoms with van der Waals surface area (Å²) < 4.78 is 1.93. The van der Waals surface area contributed by atoms with E-state index < -0.39 is 0 Å². The van der Waals surface area contributed by atoms with Crippen molar-refractivity contribution in [3.05, 3.63) is 90.3 Å². The molecule has 5 rings (SSSR count). The van der Waals surface area contributed by atoms with Gasteiger partial charge in [-0.1, -0.05) is 18.2 Å². The van der Waals surface area contributed by atoms with Crippen molar-refractivity contribution in [2.45, 2.75) is 19.5 Å². The number of pyridine rings is 1. The summed E-state index contributed by atoms with van der Waals surface area (Å²) in [6.45, 7) is 2.72. The molecule has 3 aromatic heterocycles. The smallest absolute Gasteiger partial charge is 0.159 e. The molecule has 6 heteroatoms. The number of fused-ring (bicyclic) bond motifs is 1. The Kier molecular flexibility index (Phi) is 4.39. The van der Waals surface area contributed by atoms with Crippen LogP contribution in [-0.2, 0) is 19.5 Å². The van der Waals surface area contributed by atoms with Gasteiger partial charge in [0, 0.05) is 67.5 Å². The highest BCUT2D eigenvalue weighted by atomic mass is 15.3. The molecule has 0 unspecified atom stereocenters. The summed E-state index contributed by atoms with van der Waals surface area (Å²) >= 11 is 0. The lowest BCUT2D eigenvalue weighted by Crippen LogP contribution is -2.30. The van der Waals surface area contributed by atoms with Gasteiger partial charge in [0.1, 0.15) is 0 Å². The van der Waals surface area contributed by atoms with E-state index in [0.717, 1.165) is 48.8 Å². The first kappa shape index (κ1) is 16.8. The Bertz CT molecular complexity index is 1070. The van der Waals surface area contributed by atoms with Crippen LogP contribution in [0.1, 0.15) is 16.8 Å². The van der Waals surface area contributed by atoms with E-state index in [2.05, 4.69) is 38.3 Å². The summed E-state index contributed by atoms with van der Waals surface area (Å²) in [5, 5.41) is 4.50. The van der Waals surface area contributed by atoms with Crippen molar-refractivity contribution in [1.82, 2.24) is 29.6 Å². The molecule has 4 aromatic rings. The molecule has 0 aliphatic carbocycles. The molecule has 1 aliphatic heterocycles. The minimum absolute atomic E-state index is 0.777. The number of benzene rings is 1. The second-order valence-electron chi connectivity index (χ2n) is 6.99. The predicted molar refractivity (Wildman–Crippen MR) is 107 cm³/mol. The Labute approximate surface area is 163 Å². The topological polar surface area (TPSA) is 59.7 Å². The molecule has 0 N–H and O–H groups in total. The first-order chi connectivity index (χ1) is 13.8. The van der Waals surface area contributed by atoms with Crippen LogP contribution in [0, 0.1) is 0 Å². The van der Waals surface area contributed by atoms with Crippen molar-refractivity contribution in [2.24, 2.45) is 0 Å². The van der Waals surface area contributed by atoms with Gasteiger partial charge < -0.3 is 0 Å². The van der Waals surface area contributed by atoms with Crippen LogP contribution in [0.15, 0.2) is 73.4 Å². The Hall–Kier alpha value is -3.38. The fourth-order valence-corrected chi connectivity index (χ4v) is 3.57. The van der Waals surface area contributed by atoms with Gasteiger partial charge in [-0.3, -0.25) is 9.88 Å². The monoisotopic (exact) mass is 368 g/mol. The van der Waals surface area contributed by atoms with E-state index >= 15 is 0 Å². The van der Waals surface area contributed by atoms with Crippen molar-refractivity contribution in [3.8, 4) is 17.1 Å². The zero-order chi connectivity index (χ0) is 18.8. The zero-order valence-electron chi connectivity index (χ0n) is 15.4. The fourth-order valence-electron chi connectivity index (χ4n) is 3.57. The quantitative estimate of drug-likeness (QED) is 0.553. The average Bonchev–Trinajstić information content (AvgIpc) is 3.23. The number of aromatic nitrogens is 5. The van der Waals surface area contributed by atoms with Crippen molar-refractivity contribution in [2.75, 3.05) is 6.54 Å². The van der Waals surface area contributed by atoms with Gasteiger partial charge in [-0.2, -0.15) is 5.10 Å². The molecule has 0 amide bonds. The van der Waals surface area contributed by atoms with Gasteiger partial charge in [0.2, 0.25) is 0 Å². The average molecular weight is 368 g/mol. The highest BCUT2D eigenvalue weighted by Gasteiger charge is 2.19. The van der Waals surface area contributed by atoms with Gasteiger partial charge in [0.05, 0.1) is 17.6 Å². The maximum absolute atomic E-state index is 4.79. The van der Waals surface area contributed by atoms with E-state index in [4.69, 9.17) is 4.98 Å². The number of rotatable bonds is 4. The summed E-state index contributed by atoms with van der Waals surface area (Å²) in [6, 6.07) is 14.1. The van der Waals surface area contributed by atoms with Crippen molar-refractivity contribution in [3.63, 3.8) is 0 Å². The first-order valence-electron chi connectivity index (χ1n) is 9.42. The molecule has 0 radical (unpaired) electrons. The van der Waals surface area contributed by atoms with Gasteiger partial charge in [0.25, 0.3) is 0 Å². The van der Waals surface area contributed by atoms with Crippen molar-refractivity contribution in [1.29, 1.82) is 0 Å². The Morgan fingerprint density at radius 2 is 1.82 bits per heavy atom. The van der Waals surface area contributed by atoms with E-state index in [9.17, 15) is 0 Å². The van der Waals surface area contributed by atoms with Gasteiger partial charge in [0.15, 0.2) is 5.82 Å². The molecule has 1 aliphatic rings. The third kappa shape index (κ3) is 3.42. The molecule has 6 nitrogen and oxygen atoms in total. The Balaban J connectivity index is 1.30. The van der Waals surface area contributed by atoms with Crippen LogP contribution in [0.5, 0.6) is 0 Å². The maximum Gasteiger partial charge on any atom is 0.159 e. The van der Waals surface area contributed by atoms with Crippen LogP contribution in [-0.4, -0.2) is 36.2 Å². The van der Waals surface area contributed by atoms with Crippen LogP contribution in [0.25, 0.3) is 17.1 Å². The van der Waals surface area contributed by atoms with Crippen molar-refractivity contribution < 1.29 is 0 Å². The van der Waals surface area contributed by atoms with E-state index in [1.54, 1.807) is 12.4 Å². The number of hydrogen-bond acceptors (Lipinski definition) is 5. The predicted octanol–water partition coefficient (Wildman–Crippen LogP) is 3.28. The summed E-state index contributed by atoms with van der Waals surface area (Å²) in [6.07, 6.45) is 10.5. The molecular formula is C22H20N6. The third-order valence-corrected chi connectivity index (χ3v) is 5.01. The van der Waals surface area contributed by atoms with Crippen LogP contribution >= 0.6 is 0 Å². The molecule has 0 bridgehead atoms. The Morgan fingerprint density at radius 1 is 0.964 bits per heavy atom. The molecule has 138 valence electrons. The van der Waals surface area contributed by atoms with Gasteiger partial charge in [-0.15, -0.1) is 0 Å². The van der Waals surface area contributed by atoms with Gasteiger partial charge in [-0.25, -0.2) is 14.6 Å². The van der Waals surface area contributed by atoms with E-state index in [1.807, 2.05) is 47.4 Å². The lowest BCUT2D eigenvalue weighted by molar-refractivity contribution is 0.243. The fraction of sp³-hybridized carbons (Fsp3) is 0.182. The van der Waals surface area contributed by atoms with Gasteiger partial charge >= 0.3 is 0 Å². The number of nitrogens with zero attached hydrogens (tertiary/aromatic N) is 6. The molecule has 4 heterocycles. The van der Waals surface area contributed by atoms with E-state index in [-0.39, 0.29) is 0 Å². The number of hydrogen-bond donors (Lipinski definition) is 0. The number of para-hydroxylation sites is 1. The van der Waals surface area contributed by atoms with Crippen molar-refractivity contribution >= 4 is 0 Å². The largest absolute Gasteiger partial charge is 0.294 e. The summed E-state index contributed by atoms with van der Waals surface area (Å²) in [7, 11) is 0. The highest BCUT2D eigenvalue weighted by molar-refractivity contribution is 5.54. The molecule has 0 fully saturated rings. The third-order valence-electron chi connectivity index (χ3n) is 5.01. The molecule has 0 saturated heterocycles. The van der Waals surface area contributed by atoms with Crippen LogP contribution in [0.3, 0.4) is 0 Å². The summed E-state index contributed by atoms with van der Waals surface area (Å²) in [5.74, 6) is 0.777. The Morgan fingerprint density at radius 3 is 2.68 bits per heavy atom. The lowest BCUT2D eigenvalue weighted by atomic mass is 10.1.